The highest BCUT2D eigenvalue weighted by atomic mass is 16.5. The van der Waals surface area contributed by atoms with Crippen LogP contribution in [0.5, 0.6) is 11.5 Å². The molecule has 1 amide bonds. The molecule has 0 N–H and O–H groups in total. The predicted octanol–water partition coefficient (Wildman–Crippen LogP) is 1.80. The van der Waals surface area contributed by atoms with Crippen molar-refractivity contribution in [2.24, 2.45) is 0 Å². The van der Waals surface area contributed by atoms with Crippen molar-refractivity contribution >= 4 is 5.91 Å². The van der Waals surface area contributed by atoms with Crippen molar-refractivity contribution in [1.82, 2.24) is 9.80 Å². The molecule has 0 aliphatic carbocycles. The molecular weight excluding hydrogens is 280 g/mol. The quantitative estimate of drug-likeness (QED) is 0.832. The fourth-order valence-corrected chi connectivity index (χ4v) is 2.76. The fourth-order valence-electron chi connectivity index (χ4n) is 2.76. The van der Waals surface area contributed by atoms with E-state index < -0.39 is 0 Å². The molecule has 2 rings (SSSR count). The molecule has 1 aliphatic heterocycles. The molecule has 0 radical (unpaired) electrons. The van der Waals surface area contributed by atoms with Crippen LogP contribution < -0.4 is 9.47 Å². The second-order valence-corrected chi connectivity index (χ2v) is 5.88. The average Bonchev–Trinajstić information content (AvgIpc) is 2.54. The van der Waals surface area contributed by atoms with Gasteiger partial charge in [0.25, 0.3) is 0 Å². The summed E-state index contributed by atoms with van der Waals surface area (Å²) in [6.45, 7) is 7.92. The molecule has 1 aromatic carbocycles. The number of amides is 1. The smallest absolute Gasteiger partial charge is 0.227 e. The Bertz CT molecular complexity index is 509. The maximum atomic E-state index is 12.4. The molecule has 0 atom stereocenters. The first kappa shape index (κ1) is 16.6. The van der Waals surface area contributed by atoms with Crippen LogP contribution in [0.2, 0.25) is 0 Å². The third kappa shape index (κ3) is 3.91. The summed E-state index contributed by atoms with van der Waals surface area (Å²) in [4.78, 5) is 16.8. The lowest BCUT2D eigenvalue weighted by Gasteiger charge is -2.37. The summed E-state index contributed by atoms with van der Waals surface area (Å²) in [7, 11) is 3.21. The zero-order valence-corrected chi connectivity index (χ0v) is 14.0. The second-order valence-electron chi connectivity index (χ2n) is 5.88. The van der Waals surface area contributed by atoms with Gasteiger partial charge in [0.1, 0.15) is 0 Å². The highest BCUT2D eigenvalue weighted by molar-refractivity contribution is 5.79. The van der Waals surface area contributed by atoms with E-state index in [4.69, 9.17) is 9.47 Å². The molecule has 1 aromatic rings. The molecule has 1 aliphatic rings. The van der Waals surface area contributed by atoms with Crippen molar-refractivity contribution in [3.05, 3.63) is 23.8 Å². The Labute approximate surface area is 132 Å². The maximum absolute atomic E-state index is 12.4. The molecule has 5 nitrogen and oxygen atoms in total. The fraction of sp³-hybridized carbons (Fsp3) is 0.588. The van der Waals surface area contributed by atoms with Crippen LogP contribution in [-0.2, 0) is 11.2 Å². The van der Waals surface area contributed by atoms with Gasteiger partial charge in [-0.3, -0.25) is 9.69 Å². The van der Waals surface area contributed by atoms with E-state index in [9.17, 15) is 4.79 Å². The minimum Gasteiger partial charge on any atom is -0.493 e. The van der Waals surface area contributed by atoms with Gasteiger partial charge >= 0.3 is 0 Å². The van der Waals surface area contributed by atoms with Gasteiger partial charge in [0.15, 0.2) is 11.5 Å². The second kappa shape index (κ2) is 7.49. The Morgan fingerprint density at radius 3 is 2.27 bits per heavy atom. The van der Waals surface area contributed by atoms with Gasteiger partial charge < -0.3 is 14.4 Å². The van der Waals surface area contributed by atoms with Crippen molar-refractivity contribution < 1.29 is 14.3 Å². The average molecular weight is 306 g/mol. The van der Waals surface area contributed by atoms with Gasteiger partial charge in [-0.15, -0.1) is 0 Å². The van der Waals surface area contributed by atoms with E-state index in [0.717, 1.165) is 31.7 Å². The van der Waals surface area contributed by atoms with E-state index in [1.54, 1.807) is 14.2 Å². The molecule has 122 valence electrons. The third-order valence-corrected chi connectivity index (χ3v) is 4.20. The number of methoxy groups -OCH3 is 2. The number of nitrogens with zero attached hydrogens (tertiary/aromatic N) is 2. The molecule has 1 saturated heterocycles. The van der Waals surface area contributed by atoms with E-state index in [-0.39, 0.29) is 5.91 Å². The molecule has 5 heteroatoms. The van der Waals surface area contributed by atoms with Crippen LogP contribution in [0.15, 0.2) is 18.2 Å². The van der Waals surface area contributed by atoms with Crippen LogP contribution in [0.4, 0.5) is 0 Å². The topological polar surface area (TPSA) is 42.0 Å². The molecule has 0 saturated carbocycles. The van der Waals surface area contributed by atoms with Gasteiger partial charge in [0.05, 0.1) is 20.6 Å². The molecule has 0 aromatic heterocycles. The van der Waals surface area contributed by atoms with Crippen LogP contribution in [-0.4, -0.2) is 62.1 Å². The number of rotatable bonds is 5. The summed E-state index contributed by atoms with van der Waals surface area (Å²) in [5.41, 5.74) is 0.953. The summed E-state index contributed by atoms with van der Waals surface area (Å²) in [5, 5.41) is 0. The van der Waals surface area contributed by atoms with Crippen LogP contribution >= 0.6 is 0 Å². The SMILES string of the molecule is COc1ccc(CC(=O)N2CCN(C(C)C)CC2)cc1OC. The third-order valence-electron chi connectivity index (χ3n) is 4.20. The van der Waals surface area contributed by atoms with Gasteiger partial charge in [0.2, 0.25) is 5.91 Å². The van der Waals surface area contributed by atoms with Crippen LogP contribution in [0.3, 0.4) is 0 Å². The minimum absolute atomic E-state index is 0.177. The van der Waals surface area contributed by atoms with Crippen LogP contribution in [0.1, 0.15) is 19.4 Å². The van der Waals surface area contributed by atoms with Crippen LogP contribution in [0.25, 0.3) is 0 Å². The van der Waals surface area contributed by atoms with E-state index in [1.165, 1.54) is 0 Å². The van der Waals surface area contributed by atoms with E-state index >= 15 is 0 Å². The monoisotopic (exact) mass is 306 g/mol. The molecule has 0 unspecified atom stereocenters. The summed E-state index contributed by atoms with van der Waals surface area (Å²) < 4.78 is 10.5. The molecule has 1 fully saturated rings. The first-order valence-corrected chi connectivity index (χ1v) is 7.78. The highest BCUT2D eigenvalue weighted by Crippen LogP contribution is 2.27. The van der Waals surface area contributed by atoms with Crippen molar-refractivity contribution in [2.45, 2.75) is 26.3 Å². The standard InChI is InChI=1S/C17H26N2O3/c1-13(2)18-7-9-19(10-8-18)17(20)12-14-5-6-15(21-3)16(11-14)22-4/h5-6,11,13H,7-10,12H2,1-4H3. The zero-order valence-electron chi connectivity index (χ0n) is 14.0. The largest absolute Gasteiger partial charge is 0.493 e. The molecular formula is C17H26N2O3. The van der Waals surface area contributed by atoms with Gasteiger partial charge in [-0.05, 0) is 31.5 Å². The lowest BCUT2D eigenvalue weighted by atomic mass is 10.1. The molecule has 1 heterocycles. The van der Waals surface area contributed by atoms with Gasteiger partial charge in [-0.1, -0.05) is 6.07 Å². The summed E-state index contributed by atoms with van der Waals surface area (Å²) >= 11 is 0. The van der Waals surface area contributed by atoms with Gasteiger partial charge in [-0.2, -0.15) is 0 Å². The number of carbonyl (C=O) groups excluding carboxylic acids is 1. The van der Waals surface area contributed by atoms with E-state index in [0.29, 0.717) is 24.0 Å². The number of hydrogen-bond donors (Lipinski definition) is 0. The van der Waals surface area contributed by atoms with Crippen molar-refractivity contribution in [3.8, 4) is 11.5 Å². The molecule has 22 heavy (non-hydrogen) atoms. The summed E-state index contributed by atoms with van der Waals surface area (Å²) in [5.74, 6) is 1.53. The molecule has 0 spiro atoms. The van der Waals surface area contributed by atoms with E-state index in [2.05, 4.69) is 18.7 Å². The lowest BCUT2D eigenvalue weighted by Crippen LogP contribution is -2.51. The zero-order chi connectivity index (χ0) is 16.1. The summed E-state index contributed by atoms with van der Waals surface area (Å²) in [6.07, 6.45) is 0.405. The number of benzene rings is 1. The lowest BCUT2D eigenvalue weighted by molar-refractivity contribution is -0.132. The Hall–Kier alpha value is -1.75. The van der Waals surface area contributed by atoms with Crippen molar-refractivity contribution in [2.75, 3.05) is 40.4 Å². The van der Waals surface area contributed by atoms with Gasteiger partial charge in [-0.25, -0.2) is 0 Å². The summed E-state index contributed by atoms with van der Waals surface area (Å²) in [6, 6.07) is 6.19. The van der Waals surface area contributed by atoms with Gasteiger partial charge in [0, 0.05) is 32.2 Å². The normalized spacial score (nSPS) is 16.0. The Morgan fingerprint density at radius 1 is 1.09 bits per heavy atom. The number of carbonyl (C=O) groups is 1. The Morgan fingerprint density at radius 2 is 1.73 bits per heavy atom. The van der Waals surface area contributed by atoms with Crippen LogP contribution in [0, 0.1) is 0 Å². The predicted molar refractivity (Wildman–Crippen MR) is 86.5 cm³/mol. The maximum Gasteiger partial charge on any atom is 0.227 e. The number of hydrogen-bond acceptors (Lipinski definition) is 4. The van der Waals surface area contributed by atoms with Crippen molar-refractivity contribution in [3.63, 3.8) is 0 Å². The first-order valence-electron chi connectivity index (χ1n) is 7.78. The Kier molecular flexibility index (Phi) is 5.66. The van der Waals surface area contributed by atoms with Crippen molar-refractivity contribution in [1.29, 1.82) is 0 Å². The molecule has 0 bridgehead atoms. The Balaban J connectivity index is 1.95. The number of ether oxygens (including phenoxy) is 2. The minimum atomic E-state index is 0.177. The number of piperazine rings is 1. The highest BCUT2D eigenvalue weighted by Gasteiger charge is 2.22. The van der Waals surface area contributed by atoms with E-state index in [1.807, 2.05) is 23.1 Å². The first-order chi connectivity index (χ1) is 10.5.